The van der Waals surface area contributed by atoms with E-state index in [2.05, 4.69) is 15.9 Å². The molecule has 0 bridgehead atoms. The van der Waals surface area contributed by atoms with Gasteiger partial charge in [-0.15, -0.1) is 0 Å². The van der Waals surface area contributed by atoms with Crippen molar-refractivity contribution < 1.29 is 8.42 Å². The highest BCUT2D eigenvalue weighted by Crippen LogP contribution is 2.37. The molecule has 0 N–H and O–H groups in total. The highest BCUT2D eigenvalue weighted by Gasteiger charge is 2.29. The first-order chi connectivity index (χ1) is 15.4. The van der Waals surface area contributed by atoms with Crippen LogP contribution in [0.25, 0.3) is 10.9 Å². The van der Waals surface area contributed by atoms with E-state index in [1.807, 2.05) is 91.7 Å². The van der Waals surface area contributed by atoms with Crippen molar-refractivity contribution in [2.24, 2.45) is 0 Å². The summed E-state index contributed by atoms with van der Waals surface area (Å²) in [7, 11) is -1.90. The molecule has 0 aliphatic rings. The number of halogens is 1. The van der Waals surface area contributed by atoms with Crippen molar-refractivity contribution in [1.29, 1.82) is 0 Å². The van der Waals surface area contributed by atoms with Crippen molar-refractivity contribution in [3.63, 3.8) is 0 Å². The van der Waals surface area contributed by atoms with Crippen LogP contribution in [0.3, 0.4) is 0 Å². The first kappa shape index (κ1) is 22.3. The second-order valence-electron chi connectivity index (χ2n) is 7.50. The smallest absolute Gasteiger partial charge is 0.264 e. The highest BCUT2D eigenvalue weighted by molar-refractivity contribution is 9.09. The molecule has 3 aromatic carbocycles. The van der Waals surface area contributed by atoms with Crippen molar-refractivity contribution in [3.8, 4) is 0 Å². The van der Waals surface area contributed by atoms with Gasteiger partial charge in [-0.2, -0.15) is 0 Å². The van der Waals surface area contributed by atoms with E-state index in [0.29, 0.717) is 16.8 Å². The van der Waals surface area contributed by atoms with Gasteiger partial charge in [0.25, 0.3) is 10.0 Å². The summed E-state index contributed by atoms with van der Waals surface area (Å²) in [4.78, 5) is 7.06. The minimum Gasteiger partial charge on any atom is -0.328 e. The van der Waals surface area contributed by atoms with Gasteiger partial charge in [0, 0.05) is 30.0 Å². The normalized spacial score (nSPS) is 11.5. The monoisotopic (exact) mass is 509 g/mol. The fourth-order valence-corrected chi connectivity index (χ4v) is 5.63. The Hall–Kier alpha value is -2.90. The number of sulfonamides is 1. The molecule has 0 amide bonds. The van der Waals surface area contributed by atoms with Crippen LogP contribution < -0.4 is 9.21 Å². The van der Waals surface area contributed by atoms with Gasteiger partial charge < -0.3 is 4.90 Å². The predicted molar refractivity (Wildman–Crippen MR) is 136 cm³/mol. The molecule has 0 spiro atoms. The number of hydrogen-bond acceptors (Lipinski definition) is 4. The summed E-state index contributed by atoms with van der Waals surface area (Å²) in [5.74, 6) is 0.575. The molecule has 0 saturated heterocycles. The van der Waals surface area contributed by atoms with E-state index in [-0.39, 0.29) is 11.4 Å². The predicted octanol–water partition coefficient (Wildman–Crippen LogP) is 5.90. The molecule has 5 nitrogen and oxygen atoms in total. The molecular formula is C25H24BrN3O2S. The standard InChI is InChI=1S/C25H24BrN3O2S/c1-19-12-14-22(15-13-19)32(30,31)29(17-16-26)24-18-20-8-6-7-11-23(20)27-25(24)28(2)21-9-4-3-5-10-21/h3-15,18H,16-17H2,1-2H3. The highest BCUT2D eigenvalue weighted by atomic mass is 79.9. The fourth-order valence-electron chi connectivity index (χ4n) is 3.58. The Morgan fingerprint density at radius 3 is 2.25 bits per heavy atom. The Bertz CT molecular complexity index is 1330. The molecule has 4 aromatic rings. The van der Waals surface area contributed by atoms with Gasteiger partial charge in [0.15, 0.2) is 5.82 Å². The van der Waals surface area contributed by atoms with E-state index >= 15 is 0 Å². The summed E-state index contributed by atoms with van der Waals surface area (Å²) in [6.07, 6.45) is 0. The lowest BCUT2D eigenvalue weighted by atomic mass is 10.2. The first-order valence-electron chi connectivity index (χ1n) is 10.3. The number of nitrogens with zero attached hydrogens (tertiary/aromatic N) is 3. The molecule has 1 heterocycles. The number of anilines is 3. The van der Waals surface area contributed by atoms with E-state index < -0.39 is 10.0 Å². The van der Waals surface area contributed by atoms with Crippen LogP contribution in [0.2, 0.25) is 0 Å². The van der Waals surface area contributed by atoms with Crippen LogP contribution in [0.4, 0.5) is 17.2 Å². The van der Waals surface area contributed by atoms with Crippen LogP contribution >= 0.6 is 15.9 Å². The van der Waals surface area contributed by atoms with Crippen LogP contribution in [0.15, 0.2) is 89.8 Å². The number of para-hydroxylation sites is 2. The van der Waals surface area contributed by atoms with Gasteiger partial charge in [-0.05, 0) is 43.3 Å². The maximum absolute atomic E-state index is 13.7. The Labute approximate surface area is 197 Å². The quantitative estimate of drug-likeness (QED) is 0.291. The maximum atomic E-state index is 13.7. The van der Waals surface area contributed by atoms with Gasteiger partial charge >= 0.3 is 0 Å². The zero-order valence-corrected chi connectivity index (χ0v) is 20.3. The number of aromatic nitrogens is 1. The van der Waals surface area contributed by atoms with Crippen LogP contribution in [0, 0.1) is 6.92 Å². The molecule has 4 rings (SSSR count). The third kappa shape index (κ3) is 4.36. The Balaban J connectivity index is 1.94. The number of alkyl halides is 1. The Kier molecular flexibility index (Phi) is 6.48. The zero-order valence-electron chi connectivity index (χ0n) is 17.9. The molecule has 0 aliphatic heterocycles. The molecule has 0 unspecified atom stereocenters. The lowest BCUT2D eigenvalue weighted by Crippen LogP contribution is -2.34. The minimum atomic E-state index is -3.80. The third-order valence-electron chi connectivity index (χ3n) is 5.31. The SMILES string of the molecule is Cc1ccc(S(=O)(=O)N(CCBr)c2cc3ccccc3nc2N(C)c2ccccc2)cc1. The molecule has 0 aliphatic carbocycles. The van der Waals surface area contributed by atoms with Crippen LogP contribution in [-0.4, -0.2) is 32.3 Å². The number of pyridine rings is 1. The topological polar surface area (TPSA) is 53.5 Å². The number of hydrogen-bond donors (Lipinski definition) is 0. The summed E-state index contributed by atoms with van der Waals surface area (Å²) in [6.45, 7) is 2.21. The van der Waals surface area contributed by atoms with Gasteiger partial charge in [0.1, 0.15) is 0 Å². The molecule has 7 heteroatoms. The molecule has 0 saturated carbocycles. The van der Waals surface area contributed by atoms with Gasteiger partial charge in [-0.3, -0.25) is 4.31 Å². The average Bonchev–Trinajstić information content (AvgIpc) is 2.82. The van der Waals surface area contributed by atoms with Crippen LogP contribution in [-0.2, 0) is 10.0 Å². The lowest BCUT2D eigenvalue weighted by molar-refractivity contribution is 0.592. The molecule has 164 valence electrons. The maximum Gasteiger partial charge on any atom is 0.264 e. The largest absolute Gasteiger partial charge is 0.328 e. The zero-order chi connectivity index (χ0) is 22.7. The molecular weight excluding hydrogens is 486 g/mol. The second-order valence-corrected chi connectivity index (χ2v) is 10.2. The summed E-state index contributed by atoms with van der Waals surface area (Å²) >= 11 is 3.44. The lowest BCUT2D eigenvalue weighted by Gasteiger charge is -2.29. The van der Waals surface area contributed by atoms with Gasteiger partial charge in [0.2, 0.25) is 0 Å². The number of fused-ring (bicyclic) bond motifs is 1. The summed E-state index contributed by atoms with van der Waals surface area (Å²) in [6, 6.07) is 26.4. The van der Waals surface area contributed by atoms with E-state index in [1.165, 1.54) is 4.31 Å². The number of benzene rings is 3. The van der Waals surface area contributed by atoms with E-state index in [0.717, 1.165) is 22.2 Å². The molecule has 32 heavy (non-hydrogen) atoms. The Morgan fingerprint density at radius 2 is 1.56 bits per heavy atom. The van der Waals surface area contributed by atoms with Crippen LogP contribution in [0.1, 0.15) is 5.56 Å². The van der Waals surface area contributed by atoms with Crippen LogP contribution in [0.5, 0.6) is 0 Å². The van der Waals surface area contributed by atoms with Gasteiger partial charge in [-0.25, -0.2) is 13.4 Å². The number of aryl methyl sites for hydroxylation is 1. The Morgan fingerprint density at radius 1 is 0.906 bits per heavy atom. The summed E-state index contributed by atoms with van der Waals surface area (Å²) in [5, 5.41) is 1.37. The molecule has 0 radical (unpaired) electrons. The fraction of sp³-hybridized carbons (Fsp3) is 0.160. The van der Waals surface area contributed by atoms with Gasteiger partial charge in [0.05, 0.1) is 16.1 Å². The average molecular weight is 510 g/mol. The van der Waals surface area contributed by atoms with E-state index in [4.69, 9.17) is 4.98 Å². The van der Waals surface area contributed by atoms with Crippen molar-refractivity contribution >= 4 is 54.0 Å². The van der Waals surface area contributed by atoms with Gasteiger partial charge in [-0.1, -0.05) is 70.0 Å². The van der Waals surface area contributed by atoms with E-state index in [1.54, 1.807) is 12.1 Å². The molecule has 0 atom stereocenters. The number of rotatable bonds is 7. The summed E-state index contributed by atoms with van der Waals surface area (Å²) < 4.78 is 28.9. The first-order valence-corrected chi connectivity index (χ1v) is 12.8. The van der Waals surface area contributed by atoms with Crippen molar-refractivity contribution in [2.45, 2.75) is 11.8 Å². The van der Waals surface area contributed by atoms with Crippen molar-refractivity contribution in [3.05, 3.63) is 90.5 Å². The third-order valence-corrected chi connectivity index (χ3v) is 7.49. The molecule has 0 fully saturated rings. The van der Waals surface area contributed by atoms with E-state index in [9.17, 15) is 8.42 Å². The minimum absolute atomic E-state index is 0.255. The molecule has 1 aromatic heterocycles. The van der Waals surface area contributed by atoms with Crippen molar-refractivity contribution in [1.82, 2.24) is 4.98 Å². The van der Waals surface area contributed by atoms with Crippen molar-refractivity contribution in [2.75, 3.05) is 28.1 Å². The second kappa shape index (κ2) is 9.30. The summed E-state index contributed by atoms with van der Waals surface area (Å²) in [5.41, 5.74) is 3.27.